The fourth-order valence-corrected chi connectivity index (χ4v) is 4.20. The number of phosphoric acid groups is 1. The molecule has 0 bridgehead atoms. The maximum absolute atomic E-state index is 8.88. The lowest BCUT2D eigenvalue weighted by Gasteiger charge is -2.16. The van der Waals surface area contributed by atoms with E-state index in [4.69, 9.17) is 19.2 Å². The van der Waals surface area contributed by atoms with Crippen LogP contribution in [0.4, 0.5) is 0 Å². The van der Waals surface area contributed by atoms with Gasteiger partial charge in [0.15, 0.2) is 0 Å². The first-order chi connectivity index (χ1) is 15.8. The third-order valence-corrected chi connectivity index (χ3v) is 6.29. The Balaban J connectivity index is 0. The molecule has 0 rings (SSSR count). The summed E-state index contributed by atoms with van der Waals surface area (Å²) in [6.45, 7) is 7.23. The Kier molecular flexibility index (Phi) is 30.2. The summed E-state index contributed by atoms with van der Waals surface area (Å²) in [6, 6.07) is 0. The van der Waals surface area contributed by atoms with E-state index >= 15 is 0 Å². The fraction of sp³-hybridized carbons (Fsp3) is 1.00. The summed E-state index contributed by atoms with van der Waals surface area (Å²) in [5.74, 6) is 0. The maximum Gasteiger partial charge on any atom is 0.466 e. The van der Waals surface area contributed by atoms with Crippen molar-refractivity contribution in [2.24, 2.45) is 0 Å². The minimum absolute atomic E-state index is 1.31. The zero-order valence-electron chi connectivity index (χ0n) is 22.6. The summed E-state index contributed by atoms with van der Waals surface area (Å²) >= 11 is 0. The van der Waals surface area contributed by atoms with E-state index in [1.807, 2.05) is 0 Å². The van der Waals surface area contributed by atoms with Crippen LogP contribution in [0.5, 0.6) is 0 Å². The molecule has 0 saturated heterocycles. The molecule has 0 amide bonds. The summed E-state index contributed by atoms with van der Waals surface area (Å²) in [7, 11) is -2.31. The molecule has 0 unspecified atom stereocenters. The molecule has 0 aliphatic carbocycles. The van der Waals surface area contributed by atoms with Crippen molar-refractivity contribution >= 4 is 7.82 Å². The smallest absolute Gasteiger partial charge is 0.306 e. The molecule has 0 heterocycles. The van der Waals surface area contributed by atoms with Gasteiger partial charge in [-0.3, -0.25) is 0 Å². The van der Waals surface area contributed by atoms with E-state index < -0.39 is 7.82 Å². The van der Waals surface area contributed by atoms with Crippen LogP contribution in [0.25, 0.3) is 0 Å². The molecule has 3 N–H and O–H groups in total. The summed E-state index contributed by atoms with van der Waals surface area (Å²) in [5.41, 5.74) is 0. The van der Waals surface area contributed by atoms with E-state index in [1.165, 1.54) is 154 Å². The normalized spacial score (nSPS) is 11.6. The van der Waals surface area contributed by atoms with Gasteiger partial charge in [-0.15, -0.1) is 0 Å². The molecule has 0 radical (unpaired) electrons. The zero-order valence-corrected chi connectivity index (χ0v) is 23.5. The lowest BCUT2D eigenvalue weighted by molar-refractivity contribution is 0.275. The molecule has 0 saturated carbocycles. The van der Waals surface area contributed by atoms with Gasteiger partial charge in [-0.1, -0.05) is 142 Å². The molecule has 5 nitrogen and oxygen atoms in total. The molecular weight excluding hydrogens is 433 g/mol. The van der Waals surface area contributed by atoms with Crippen LogP contribution in [-0.2, 0) is 4.57 Å². The van der Waals surface area contributed by atoms with Crippen molar-refractivity contribution in [3.8, 4) is 0 Å². The van der Waals surface area contributed by atoms with E-state index in [-0.39, 0.29) is 0 Å². The number of unbranched alkanes of at least 4 members (excludes halogenated alkanes) is 20. The number of hydrogen-bond donors (Lipinski definition) is 3. The molecule has 0 fully saturated rings. The summed E-state index contributed by atoms with van der Waals surface area (Å²) in [5, 5.41) is 0. The molecule has 0 aromatic carbocycles. The molecule has 6 heteroatoms. The van der Waals surface area contributed by atoms with E-state index in [9.17, 15) is 0 Å². The van der Waals surface area contributed by atoms with Crippen LogP contribution in [0.1, 0.15) is 155 Å². The predicted octanol–water partition coefficient (Wildman–Crippen LogP) is 8.61. The summed E-state index contributed by atoms with van der Waals surface area (Å²) in [4.78, 5) is 24.1. The van der Waals surface area contributed by atoms with Gasteiger partial charge in [-0.25, -0.2) is 4.57 Å². The van der Waals surface area contributed by atoms with Crippen molar-refractivity contribution < 1.29 is 19.2 Å². The molecule has 0 aromatic rings. The first-order valence-electron chi connectivity index (χ1n) is 14.3. The molecule has 0 spiro atoms. The highest BCUT2D eigenvalue weighted by atomic mass is 31.2. The second-order valence-electron chi connectivity index (χ2n) is 9.89. The van der Waals surface area contributed by atoms with Gasteiger partial charge in [0.1, 0.15) is 0 Å². The van der Waals surface area contributed by atoms with Gasteiger partial charge in [0.2, 0.25) is 0 Å². The van der Waals surface area contributed by atoms with E-state index in [2.05, 4.69) is 25.8 Å². The largest absolute Gasteiger partial charge is 0.466 e. The van der Waals surface area contributed by atoms with Gasteiger partial charge in [-0.2, -0.15) is 0 Å². The van der Waals surface area contributed by atoms with Crippen molar-refractivity contribution in [2.45, 2.75) is 155 Å². The van der Waals surface area contributed by atoms with Gasteiger partial charge >= 0.3 is 7.82 Å². The molecule has 0 aliphatic heterocycles. The van der Waals surface area contributed by atoms with Crippen LogP contribution in [-0.4, -0.2) is 39.7 Å². The Morgan fingerprint density at radius 3 is 0.848 bits per heavy atom. The average Bonchev–Trinajstić information content (AvgIpc) is 2.74. The molecule has 0 aliphatic rings. The Morgan fingerprint density at radius 1 is 0.455 bits per heavy atom. The third-order valence-electron chi connectivity index (χ3n) is 6.29. The second kappa shape index (κ2) is 28.3. The minimum atomic E-state index is -4.64. The quantitative estimate of drug-likeness (QED) is 0.0926. The lowest BCUT2D eigenvalue weighted by atomic mass is 10.1. The van der Waals surface area contributed by atoms with Crippen molar-refractivity contribution in [3.05, 3.63) is 0 Å². The van der Waals surface area contributed by atoms with Crippen molar-refractivity contribution in [1.82, 2.24) is 4.90 Å². The van der Waals surface area contributed by atoms with Crippen LogP contribution in [0.3, 0.4) is 0 Å². The fourth-order valence-electron chi connectivity index (χ4n) is 4.20. The molecule has 0 atom stereocenters. The third kappa shape index (κ3) is 42.7. The summed E-state index contributed by atoms with van der Waals surface area (Å²) < 4.78 is 8.88. The second-order valence-corrected chi connectivity index (χ2v) is 10.9. The molecule has 202 valence electrons. The number of rotatable bonds is 24. The highest BCUT2D eigenvalue weighted by Gasteiger charge is 2.00. The van der Waals surface area contributed by atoms with Crippen molar-refractivity contribution in [2.75, 3.05) is 20.1 Å². The van der Waals surface area contributed by atoms with Crippen LogP contribution >= 0.6 is 7.82 Å². The maximum atomic E-state index is 8.88. The topological polar surface area (TPSA) is 81.0 Å². The van der Waals surface area contributed by atoms with Crippen LogP contribution < -0.4 is 0 Å². The van der Waals surface area contributed by atoms with Crippen LogP contribution in [0.15, 0.2) is 0 Å². The Labute approximate surface area is 207 Å². The molecular formula is C27H60NO4P. The van der Waals surface area contributed by atoms with Gasteiger partial charge in [0, 0.05) is 0 Å². The first kappa shape index (κ1) is 35.2. The minimum Gasteiger partial charge on any atom is -0.306 e. The highest BCUT2D eigenvalue weighted by molar-refractivity contribution is 7.45. The van der Waals surface area contributed by atoms with Gasteiger partial charge in [0.05, 0.1) is 0 Å². The van der Waals surface area contributed by atoms with Gasteiger partial charge in [0.25, 0.3) is 0 Å². The summed E-state index contributed by atoms with van der Waals surface area (Å²) in [6.07, 6.45) is 31.9. The van der Waals surface area contributed by atoms with Gasteiger partial charge in [-0.05, 0) is 33.0 Å². The van der Waals surface area contributed by atoms with E-state index in [0.29, 0.717) is 0 Å². The van der Waals surface area contributed by atoms with Crippen LogP contribution in [0, 0.1) is 0 Å². The SMILES string of the molecule is CCCCCCCCCCCCCN(C)CCCCCCCCCCCCC.O=P(O)(O)O. The highest BCUT2D eigenvalue weighted by Crippen LogP contribution is 2.25. The monoisotopic (exact) mass is 493 g/mol. The number of nitrogens with zero attached hydrogens (tertiary/aromatic N) is 1. The zero-order chi connectivity index (χ0) is 25.0. The first-order valence-corrected chi connectivity index (χ1v) is 15.8. The Morgan fingerprint density at radius 2 is 0.636 bits per heavy atom. The Bertz CT molecular complexity index is 369. The predicted molar refractivity (Wildman–Crippen MR) is 145 cm³/mol. The molecule has 33 heavy (non-hydrogen) atoms. The standard InChI is InChI=1S/C27H57N.H3O4P/c1-4-6-8-10-12-14-16-18-20-22-24-26-28(3)27-25-23-21-19-17-15-13-11-9-7-5-2;1-5(2,3)4/h4-27H2,1-3H3;(H3,1,2,3,4). The Hall–Kier alpha value is 0.0700. The average molecular weight is 494 g/mol. The lowest BCUT2D eigenvalue weighted by Crippen LogP contribution is -2.20. The van der Waals surface area contributed by atoms with Crippen LogP contribution in [0.2, 0.25) is 0 Å². The number of hydrogen-bond acceptors (Lipinski definition) is 2. The van der Waals surface area contributed by atoms with Gasteiger partial charge < -0.3 is 19.6 Å². The van der Waals surface area contributed by atoms with Crippen molar-refractivity contribution in [3.63, 3.8) is 0 Å². The van der Waals surface area contributed by atoms with Crippen molar-refractivity contribution in [1.29, 1.82) is 0 Å². The molecule has 0 aromatic heterocycles. The van der Waals surface area contributed by atoms with E-state index in [0.717, 1.165) is 0 Å². The van der Waals surface area contributed by atoms with E-state index in [1.54, 1.807) is 0 Å².